The Morgan fingerprint density at radius 1 is 1.03 bits per heavy atom. The van der Waals surface area contributed by atoms with Gasteiger partial charge < -0.3 is 15.2 Å². The second-order valence-electron chi connectivity index (χ2n) is 7.30. The summed E-state index contributed by atoms with van der Waals surface area (Å²) in [5, 5.41) is 11.7. The number of nitrogens with zero attached hydrogens (tertiary/aromatic N) is 1. The van der Waals surface area contributed by atoms with Crippen LogP contribution in [0.1, 0.15) is 59.8 Å². The summed E-state index contributed by atoms with van der Waals surface area (Å²) in [7, 11) is 0. The number of benzene rings is 2. The van der Waals surface area contributed by atoms with E-state index in [1.54, 1.807) is 12.1 Å². The predicted molar refractivity (Wildman–Crippen MR) is 105 cm³/mol. The molecule has 2 aliphatic heterocycles. The Labute approximate surface area is 172 Å². The maximum Gasteiger partial charge on any atom is 0.335 e. The molecular weight excluding hydrogens is 388 g/mol. The van der Waals surface area contributed by atoms with E-state index in [0.29, 0.717) is 12.2 Å². The number of aromatic carboxylic acids is 1. The van der Waals surface area contributed by atoms with E-state index in [2.05, 4.69) is 5.32 Å². The van der Waals surface area contributed by atoms with Gasteiger partial charge in [0.05, 0.1) is 29.3 Å². The maximum atomic E-state index is 12.7. The van der Waals surface area contributed by atoms with E-state index in [1.165, 1.54) is 35.2 Å². The lowest BCUT2D eigenvalue weighted by atomic mass is 10.1. The SMILES string of the molecule is O=C(O)c1ccc(CNC(=O)c2ccc3c(c2)C(=O)N(C[C@@H]2CCCO2)C3=O)cc1. The highest BCUT2D eigenvalue weighted by Gasteiger charge is 2.37. The van der Waals surface area contributed by atoms with Gasteiger partial charge in [0.25, 0.3) is 17.7 Å². The molecule has 2 aromatic rings. The highest BCUT2D eigenvalue weighted by molar-refractivity contribution is 6.22. The Bertz CT molecular complexity index is 1020. The molecule has 154 valence electrons. The first-order chi connectivity index (χ1) is 14.4. The van der Waals surface area contributed by atoms with Crippen molar-refractivity contribution in [2.45, 2.75) is 25.5 Å². The highest BCUT2D eigenvalue weighted by Crippen LogP contribution is 2.26. The molecule has 0 aromatic heterocycles. The van der Waals surface area contributed by atoms with E-state index in [4.69, 9.17) is 9.84 Å². The van der Waals surface area contributed by atoms with Crippen LogP contribution in [0.3, 0.4) is 0 Å². The van der Waals surface area contributed by atoms with E-state index >= 15 is 0 Å². The quantitative estimate of drug-likeness (QED) is 0.708. The molecule has 2 heterocycles. The van der Waals surface area contributed by atoms with Crippen LogP contribution < -0.4 is 5.32 Å². The van der Waals surface area contributed by atoms with Crippen molar-refractivity contribution >= 4 is 23.7 Å². The molecule has 0 saturated carbocycles. The number of carbonyl (C=O) groups excluding carboxylic acids is 3. The lowest BCUT2D eigenvalue weighted by Gasteiger charge is -2.17. The van der Waals surface area contributed by atoms with E-state index in [0.717, 1.165) is 18.4 Å². The van der Waals surface area contributed by atoms with Gasteiger partial charge in [-0.05, 0) is 48.7 Å². The third-order valence-corrected chi connectivity index (χ3v) is 5.30. The van der Waals surface area contributed by atoms with E-state index in [-0.39, 0.29) is 41.8 Å². The van der Waals surface area contributed by atoms with Crippen LogP contribution in [0.15, 0.2) is 42.5 Å². The van der Waals surface area contributed by atoms with Gasteiger partial charge >= 0.3 is 5.97 Å². The van der Waals surface area contributed by atoms with Crippen LogP contribution in [-0.4, -0.2) is 53.0 Å². The minimum atomic E-state index is -1.02. The molecular formula is C22H20N2O6. The van der Waals surface area contributed by atoms with Crippen LogP contribution in [0.2, 0.25) is 0 Å². The van der Waals surface area contributed by atoms with Crippen LogP contribution >= 0.6 is 0 Å². The topological polar surface area (TPSA) is 113 Å². The highest BCUT2D eigenvalue weighted by atomic mass is 16.5. The first kappa shape index (κ1) is 19.8. The second kappa shape index (κ2) is 8.08. The molecule has 8 heteroatoms. The van der Waals surface area contributed by atoms with Gasteiger partial charge in [-0.15, -0.1) is 0 Å². The van der Waals surface area contributed by atoms with Crippen LogP contribution in [0.4, 0.5) is 0 Å². The van der Waals surface area contributed by atoms with Crippen molar-refractivity contribution in [3.8, 4) is 0 Å². The molecule has 2 aromatic carbocycles. The average molecular weight is 408 g/mol. The number of carboxylic acid groups (broad SMARTS) is 1. The van der Waals surface area contributed by atoms with Crippen molar-refractivity contribution in [1.82, 2.24) is 10.2 Å². The molecule has 3 amide bonds. The average Bonchev–Trinajstić information content (AvgIpc) is 3.35. The number of nitrogens with one attached hydrogen (secondary N) is 1. The minimum Gasteiger partial charge on any atom is -0.478 e. The summed E-state index contributed by atoms with van der Waals surface area (Å²) in [4.78, 5) is 49.9. The molecule has 0 aliphatic carbocycles. The number of imide groups is 1. The third kappa shape index (κ3) is 3.81. The third-order valence-electron chi connectivity index (χ3n) is 5.30. The molecule has 0 unspecified atom stereocenters. The zero-order valence-corrected chi connectivity index (χ0v) is 16.1. The monoisotopic (exact) mass is 408 g/mol. The van der Waals surface area contributed by atoms with Gasteiger partial charge in [0.1, 0.15) is 0 Å². The van der Waals surface area contributed by atoms with E-state index < -0.39 is 17.8 Å². The van der Waals surface area contributed by atoms with Gasteiger partial charge in [-0.1, -0.05) is 12.1 Å². The summed E-state index contributed by atoms with van der Waals surface area (Å²) in [5.74, 6) is -2.19. The molecule has 1 atom stereocenters. The number of rotatable bonds is 6. The van der Waals surface area contributed by atoms with Gasteiger partial charge in [0.15, 0.2) is 0 Å². The van der Waals surface area contributed by atoms with Crippen molar-refractivity contribution in [3.05, 3.63) is 70.3 Å². The molecule has 2 aliphatic rings. The Balaban J connectivity index is 1.43. The molecule has 8 nitrogen and oxygen atoms in total. The Morgan fingerprint density at radius 2 is 1.73 bits per heavy atom. The molecule has 2 N–H and O–H groups in total. The first-order valence-corrected chi connectivity index (χ1v) is 9.66. The molecule has 1 fully saturated rings. The van der Waals surface area contributed by atoms with Crippen LogP contribution in [0.25, 0.3) is 0 Å². The number of hydrogen-bond acceptors (Lipinski definition) is 5. The summed E-state index contributed by atoms with van der Waals surface area (Å²) in [5.41, 5.74) is 1.69. The fraction of sp³-hybridized carbons (Fsp3) is 0.273. The number of amides is 3. The van der Waals surface area contributed by atoms with Gasteiger partial charge in [-0.3, -0.25) is 19.3 Å². The number of carboxylic acids is 1. The number of carbonyl (C=O) groups is 4. The number of fused-ring (bicyclic) bond motifs is 1. The Kier molecular flexibility index (Phi) is 5.33. The smallest absolute Gasteiger partial charge is 0.335 e. The van der Waals surface area contributed by atoms with Crippen LogP contribution in [-0.2, 0) is 11.3 Å². The lowest BCUT2D eigenvalue weighted by molar-refractivity contribution is 0.0475. The molecule has 30 heavy (non-hydrogen) atoms. The number of ether oxygens (including phenoxy) is 1. The van der Waals surface area contributed by atoms with E-state index in [1.807, 2.05) is 0 Å². The van der Waals surface area contributed by atoms with Crippen molar-refractivity contribution in [1.29, 1.82) is 0 Å². The van der Waals surface area contributed by atoms with Gasteiger partial charge in [-0.2, -0.15) is 0 Å². The van der Waals surface area contributed by atoms with Crippen molar-refractivity contribution < 1.29 is 29.0 Å². The molecule has 0 bridgehead atoms. The summed E-state index contributed by atoms with van der Waals surface area (Å²) >= 11 is 0. The van der Waals surface area contributed by atoms with Crippen LogP contribution in [0, 0.1) is 0 Å². The summed E-state index contributed by atoms with van der Waals surface area (Å²) in [6.07, 6.45) is 1.59. The molecule has 4 rings (SSSR count). The summed E-state index contributed by atoms with van der Waals surface area (Å²) < 4.78 is 5.52. The summed E-state index contributed by atoms with van der Waals surface area (Å²) in [6.45, 7) is 1.06. The van der Waals surface area contributed by atoms with Crippen molar-refractivity contribution in [2.24, 2.45) is 0 Å². The molecule has 1 saturated heterocycles. The van der Waals surface area contributed by atoms with Crippen molar-refractivity contribution in [3.63, 3.8) is 0 Å². The Hall–Kier alpha value is -3.52. The standard InChI is InChI=1S/C22H20N2O6/c25-19(23-11-13-3-5-14(6-4-13)22(28)29)15-7-8-17-18(10-15)21(27)24(20(17)26)12-16-2-1-9-30-16/h3-8,10,16H,1-2,9,11-12H2,(H,23,25)(H,28,29)/t16-/m0/s1. The normalized spacial score (nSPS) is 17.9. The summed E-state index contributed by atoms with van der Waals surface area (Å²) in [6, 6.07) is 10.6. The Morgan fingerprint density at radius 3 is 2.40 bits per heavy atom. The predicted octanol–water partition coefficient (Wildman–Crippen LogP) is 2.09. The molecule has 0 spiro atoms. The largest absolute Gasteiger partial charge is 0.478 e. The minimum absolute atomic E-state index is 0.137. The zero-order valence-electron chi connectivity index (χ0n) is 16.1. The molecule has 0 radical (unpaired) electrons. The van der Waals surface area contributed by atoms with Crippen molar-refractivity contribution in [2.75, 3.05) is 13.2 Å². The first-order valence-electron chi connectivity index (χ1n) is 9.66. The fourth-order valence-corrected chi connectivity index (χ4v) is 3.64. The van der Waals surface area contributed by atoms with Gasteiger partial charge in [-0.25, -0.2) is 4.79 Å². The van der Waals surface area contributed by atoms with Crippen LogP contribution in [0.5, 0.6) is 0 Å². The van der Waals surface area contributed by atoms with Gasteiger partial charge in [0.2, 0.25) is 0 Å². The number of hydrogen-bond donors (Lipinski definition) is 2. The lowest BCUT2D eigenvalue weighted by Crippen LogP contribution is -2.36. The maximum absolute atomic E-state index is 12.7. The van der Waals surface area contributed by atoms with E-state index in [9.17, 15) is 19.2 Å². The second-order valence-corrected chi connectivity index (χ2v) is 7.30. The fourth-order valence-electron chi connectivity index (χ4n) is 3.64. The zero-order chi connectivity index (χ0) is 21.3. The van der Waals surface area contributed by atoms with Gasteiger partial charge in [0, 0.05) is 18.7 Å².